The number of hydrogen-bond donors (Lipinski definition) is 2. The van der Waals surface area contributed by atoms with Crippen molar-refractivity contribution in [2.45, 2.75) is 228 Å². The normalized spacial score (nSPS) is 43.6. The van der Waals surface area contributed by atoms with Gasteiger partial charge in [-0.1, -0.05) is 0 Å². The molecule has 9 saturated carbocycles. The molecule has 2 N–H and O–H groups in total. The average Bonchev–Trinajstić information content (AvgIpc) is 3.35. The molecule has 0 aromatic heterocycles. The van der Waals surface area contributed by atoms with E-state index in [9.17, 15) is 10.2 Å². The molecule has 5 heteroatoms. The Bertz CT molecular complexity index is 1960. The molecular weight excluding hydrogens is 793 g/mol. The molecular formula is C54H80O2S2Ti. The van der Waals surface area contributed by atoms with Crippen LogP contribution in [0, 0.1) is 33.5 Å². The summed E-state index contributed by atoms with van der Waals surface area (Å²) in [6.07, 6.45) is 24.3. The zero-order valence-corrected chi connectivity index (χ0v) is 42.2. The van der Waals surface area contributed by atoms with Crippen molar-refractivity contribution < 1.29 is 25.7 Å². The van der Waals surface area contributed by atoms with Crippen LogP contribution in [-0.2, 0) is 48.6 Å². The molecule has 0 amide bonds. The predicted octanol–water partition coefficient (Wildman–Crippen LogP) is 15.4. The standard InChI is InChI=1S/C54H80O2S2.Ti/c1-47(2,3)39-17-37(45(55)41(19-39)53-25-35-21-49(7,31-53)29-50(8,22-35)32-53)27-57-43-15-13-11-12-14-16-44(43)58-28-38-18-40(48(4,5)6)20-42(46(38)56)54-26-36-23-51(9,33-54)30-52(10,24-36)34-54;/h17-20,35-36,43-44,55-56H,11-16,21-34H2,1-10H3;/t35?,36?,43-,44?,49?,50?,51?,52?,53?,54?;/m0./s1. The van der Waals surface area contributed by atoms with E-state index in [4.69, 9.17) is 0 Å². The van der Waals surface area contributed by atoms with E-state index in [-0.39, 0.29) is 37.1 Å². The summed E-state index contributed by atoms with van der Waals surface area (Å²) < 4.78 is 0. The summed E-state index contributed by atoms with van der Waals surface area (Å²) in [7, 11) is 0.684. The number of hydrogen-bond acceptors (Lipinski definition) is 2. The first-order valence-electron chi connectivity index (χ1n) is 24.4. The average molecular weight is 873 g/mol. The van der Waals surface area contributed by atoms with E-state index in [0.717, 1.165) is 33.8 Å². The molecule has 59 heavy (non-hydrogen) atoms. The van der Waals surface area contributed by atoms with Gasteiger partial charge in [-0.05, 0) is 0 Å². The van der Waals surface area contributed by atoms with Crippen LogP contribution in [0.25, 0.3) is 0 Å². The van der Waals surface area contributed by atoms with Gasteiger partial charge in [0.2, 0.25) is 0 Å². The monoisotopic (exact) mass is 873 g/mol. The molecule has 1 aliphatic heterocycles. The fourth-order valence-corrected chi connectivity index (χ4v) is 38.5. The number of phenolic OH excluding ortho intramolecular Hbond substituents is 2. The van der Waals surface area contributed by atoms with Crippen LogP contribution in [0.1, 0.15) is 218 Å². The summed E-state index contributed by atoms with van der Waals surface area (Å²) in [5.74, 6) is 5.24. The summed E-state index contributed by atoms with van der Waals surface area (Å²) in [5.41, 5.74) is 10.2. The van der Waals surface area contributed by atoms with Gasteiger partial charge in [0.15, 0.2) is 0 Å². The Labute approximate surface area is 370 Å². The molecule has 8 bridgehead atoms. The van der Waals surface area contributed by atoms with Crippen LogP contribution in [0.15, 0.2) is 24.3 Å². The first kappa shape index (κ1) is 42.4. The van der Waals surface area contributed by atoms with Gasteiger partial charge in [0.25, 0.3) is 0 Å². The molecule has 8 atom stereocenters. The second-order valence-corrected chi connectivity index (χ2v) is 38.1. The van der Waals surface area contributed by atoms with Gasteiger partial charge in [-0.2, -0.15) is 0 Å². The number of fused-ring (bicyclic) bond motifs is 1. The van der Waals surface area contributed by atoms with Gasteiger partial charge in [0.05, 0.1) is 0 Å². The van der Waals surface area contributed by atoms with Gasteiger partial charge in [0.1, 0.15) is 0 Å². The fourth-order valence-electron chi connectivity index (χ4n) is 17.7. The van der Waals surface area contributed by atoms with Crippen molar-refractivity contribution in [2.24, 2.45) is 33.5 Å². The van der Waals surface area contributed by atoms with Gasteiger partial charge in [-0.3, -0.25) is 0 Å². The van der Waals surface area contributed by atoms with E-state index >= 15 is 0 Å². The van der Waals surface area contributed by atoms with Crippen LogP contribution in [0.3, 0.4) is 0 Å². The van der Waals surface area contributed by atoms with Crippen molar-refractivity contribution in [3.63, 3.8) is 0 Å². The van der Waals surface area contributed by atoms with Gasteiger partial charge in [-0.15, -0.1) is 0 Å². The van der Waals surface area contributed by atoms with Crippen LogP contribution in [0.4, 0.5) is 0 Å². The summed E-state index contributed by atoms with van der Waals surface area (Å²) in [6, 6.07) is 10.0. The molecule has 0 radical (unpaired) electrons. The van der Waals surface area contributed by atoms with Crippen LogP contribution >= 0.6 is 15.9 Å². The molecule has 10 aliphatic rings. The summed E-state index contributed by atoms with van der Waals surface area (Å²) >= 11 is -0.288. The van der Waals surface area contributed by atoms with Crippen molar-refractivity contribution in [2.75, 3.05) is 0 Å². The van der Waals surface area contributed by atoms with E-state index in [1.807, 2.05) is 0 Å². The summed E-state index contributed by atoms with van der Waals surface area (Å²) in [5, 5.41) is 27.2. The molecule has 2 nitrogen and oxygen atoms in total. The maximum absolute atomic E-state index is 12.8. The Morgan fingerprint density at radius 2 is 0.881 bits per heavy atom. The third-order valence-corrected chi connectivity index (χ3v) is 34.1. The van der Waals surface area contributed by atoms with Crippen LogP contribution < -0.4 is 0 Å². The molecule has 0 spiro atoms. The van der Waals surface area contributed by atoms with Gasteiger partial charge in [0, 0.05) is 0 Å². The SMILES string of the molecule is CC12CC3CC(C)(C1)CC(c1cc(C(C)(C)C)cc(C[S]4=[Ti]=[S](Cc5cc(C(C)(C)C)cc(C67CC8CC(C)(CC(C)(C8)C6)C7)c5O)[C@H]5CCCCCCC54)c1O)(C3)C2. The Balaban J connectivity index is 1.07. The molecule has 7 unspecified atom stereocenters. The third-order valence-electron chi connectivity index (χ3n) is 18.2. The molecule has 12 rings (SSSR count). The summed E-state index contributed by atoms with van der Waals surface area (Å²) in [6.45, 7) is 24.8. The van der Waals surface area contributed by atoms with E-state index < -0.39 is 0 Å². The van der Waals surface area contributed by atoms with Gasteiger partial charge < -0.3 is 0 Å². The van der Waals surface area contributed by atoms with Crippen molar-refractivity contribution in [1.82, 2.24) is 0 Å². The second kappa shape index (κ2) is 14.0. The van der Waals surface area contributed by atoms with Crippen molar-refractivity contribution in [3.8, 4) is 11.5 Å². The fraction of sp³-hybridized carbons (Fsp3) is 0.778. The molecule has 324 valence electrons. The Morgan fingerprint density at radius 1 is 0.525 bits per heavy atom. The zero-order chi connectivity index (χ0) is 41.8. The molecule has 1 heterocycles. The second-order valence-electron chi connectivity index (χ2n) is 26.7. The van der Waals surface area contributed by atoms with Crippen molar-refractivity contribution in [3.05, 3.63) is 57.6 Å². The first-order chi connectivity index (χ1) is 27.5. The van der Waals surface area contributed by atoms with E-state index in [1.165, 1.54) is 149 Å². The Morgan fingerprint density at radius 3 is 1.20 bits per heavy atom. The number of phenols is 2. The molecule has 0 saturated heterocycles. The zero-order valence-electron chi connectivity index (χ0n) is 39.0. The van der Waals surface area contributed by atoms with Crippen LogP contribution in [-0.4, -0.2) is 20.7 Å². The first-order valence-corrected chi connectivity index (χ1v) is 31.1. The number of benzene rings is 2. The van der Waals surface area contributed by atoms with E-state index in [0.29, 0.717) is 49.1 Å². The van der Waals surface area contributed by atoms with Crippen LogP contribution in [0.5, 0.6) is 11.5 Å². The minimum atomic E-state index is -0.288. The Kier molecular flexibility index (Phi) is 10.0. The molecule has 9 fully saturated rings. The van der Waals surface area contributed by atoms with Gasteiger partial charge in [-0.25, -0.2) is 0 Å². The van der Waals surface area contributed by atoms with Crippen LogP contribution in [0.2, 0.25) is 0 Å². The molecule has 9 aliphatic carbocycles. The minimum absolute atomic E-state index is 0.0499. The number of aromatic hydroxyl groups is 2. The number of rotatable bonds is 6. The predicted molar refractivity (Wildman–Crippen MR) is 250 cm³/mol. The van der Waals surface area contributed by atoms with E-state index in [2.05, 4.69) is 93.5 Å². The third kappa shape index (κ3) is 7.41. The van der Waals surface area contributed by atoms with Gasteiger partial charge >= 0.3 is 373 Å². The quantitative estimate of drug-likeness (QED) is 0.284. The maximum atomic E-state index is 12.8. The van der Waals surface area contributed by atoms with Crippen molar-refractivity contribution in [1.29, 1.82) is 0 Å². The van der Waals surface area contributed by atoms with Crippen molar-refractivity contribution >= 4 is 15.9 Å². The molecule has 2 aromatic carbocycles. The molecule has 2 aromatic rings. The summed E-state index contributed by atoms with van der Waals surface area (Å²) in [4.78, 5) is 0. The van der Waals surface area contributed by atoms with E-state index in [1.54, 1.807) is 0 Å². The Hall–Kier alpha value is -0.546. The topological polar surface area (TPSA) is 40.5 Å².